The number of thiocarbonyl (C=S) groups is 1. The smallest absolute Gasteiger partial charge is 0.252 e. The summed E-state index contributed by atoms with van der Waals surface area (Å²) in [7, 11) is 0. The quantitative estimate of drug-likeness (QED) is 0.811. The van der Waals surface area contributed by atoms with E-state index in [1.54, 1.807) is 12.1 Å². The standard InChI is InChI=1S/C11H13ClN2OS/c1-7-3-2-4-8(10(7)12)11(15)14-6-5-9(13)16/h2-4H,5-6H2,1H3,(H2,13,16)(H,14,15). The molecule has 3 N–H and O–H groups in total. The highest BCUT2D eigenvalue weighted by Gasteiger charge is 2.10. The van der Waals surface area contributed by atoms with Crippen molar-refractivity contribution in [2.75, 3.05) is 6.54 Å². The molecule has 1 aromatic rings. The molecule has 0 aliphatic rings. The normalized spacial score (nSPS) is 9.88. The number of benzene rings is 1. The fourth-order valence-electron chi connectivity index (χ4n) is 1.22. The van der Waals surface area contributed by atoms with E-state index in [0.29, 0.717) is 28.5 Å². The Bertz CT molecular complexity index is 420. The molecule has 0 aliphatic heterocycles. The minimum absolute atomic E-state index is 0.204. The molecular weight excluding hydrogens is 244 g/mol. The van der Waals surface area contributed by atoms with Crippen LogP contribution in [0.3, 0.4) is 0 Å². The number of nitrogens with two attached hydrogens (primary N) is 1. The van der Waals surface area contributed by atoms with Crippen LogP contribution >= 0.6 is 23.8 Å². The number of halogens is 1. The third-order valence-corrected chi connectivity index (χ3v) is 2.80. The lowest BCUT2D eigenvalue weighted by Crippen LogP contribution is -2.27. The lowest BCUT2D eigenvalue weighted by molar-refractivity contribution is 0.0955. The fraction of sp³-hybridized carbons (Fsp3) is 0.273. The summed E-state index contributed by atoms with van der Waals surface area (Å²) in [6.45, 7) is 2.28. The number of carbonyl (C=O) groups excluding carboxylic acids is 1. The third kappa shape index (κ3) is 3.47. The lowest BCUT2D eigenvalue weighted by Gasteiger charge is -2.07. The van der Waals surface area contributed by atoms with E-state index in [9.17, 15) is 4.79 Å². The molecule has 0 heterocycles. The molecule has 3 nitrogen and oxygen atoms in total. The van der Waals surface area contributed by atoms with Gasteiger partial charge in [-0.1, -0.05) is 36.0 Å². The molecule has 0 aliphatic carbocycles. The molecule has 0 saturated carbocycles. The second kappa shape index (κ2) is 5.82. The number of carbonyl (C=O) groups is 1. The van der Waals surface area contributed by atoms with E-state index in [4.69, 9.17) is 29.6 Å². The Hall–Kier alpha value is -1.13. The zero-order valence-corrected chi connectivity index (χ0v) is 10.5. The van der Waals surface area contributed by atoms with Crippen LogP contribution in [0.5, 0.6) is 0 Å². The minimum Gasteiger partial charge on any atom is -0.393 e. The van der Waals surface area contributed by atoms with Crippen molar-refractivity contribution in [3.63, 3.8) is 0 Å². The molecule has 0 radical (unpaired) electrons. The van der Waals surface area contributed by atoms with Crippen LogP contribution < -0.4 is 11.1 Å². The minimum atomic E-state index is -0.204. The van der Waals surface area contributed by atoms with Crippen LogP contribution in [-0.4, -0.2) is 17.4 Å². The van der Waals surface area contributed by atoms with E-state index in [-0.39, 0.29) is 5.91 Å². The maximum atomic E-state index is 11.7. The van der Waals surface area contributed by atoms with Gasteiger partial charge in [0, 0.05) is 13.0 Å². The zero-order valence-electron chi connectivity index (χ0n) is 8.92. The van der Waals surface area contributed by atoms with Gasteiger partial charge in [-0.15, -0.1) is 0 Å². The summed E-state index contributed by atoms with van der Waals surface area (Å²) in [4.78, 5) is 12.1. The van der Waals surface area contributed by atoms with Gasteiger partial charge in [0.2, 0.25) is 0 Å². The molecular formula is C11H13ClN2OS. The second-order valence-electron chi connectivity index (χ2n) is 3.41. The van der Waals surface area contributed by atoms with Crippen molar-refractivity contribution in [3.05, 3.63) is 34.3 Å². The average molecular weight is 257 g/mol. The summed E-state index contributed by atoms with van der Waals surface area (Å²) in [5.41, 5.74) is 6.68. The Balaban J connectivity index is 2.66. The van der Waals surface area contributed by atoms with Crippen molar-refractivity contribution >= 4 is 34.7 Å². The van der Waals surface area contributed by atoms with E-state index in [1.807, 2.05) is 13.0 Å². The molecule has 0 spiro atoms. The van der Waals surface area contributed by atoms with Gasteiger partial charge in [-0.05, 0) is 18.6 Å². The summed E-state index contributed by atoms with van der Waals surface area (Å²) < 4.78 is 0. The third-order valence-electron chi connectivity index (χ3n) is 2.09. The first-order chi connectivity index (χ1) is 7.52. The van der Waals surface area contributed by atoms with Gasteiger partial charge >= 0.3 is 0 Å². The van der Waals surface area contributed by atoms with E-state index >= 15 is 0 Å². The van der Waals surface area contributed by atoms with Crippen LogP contribution in [0.1, 0.15) is 22.3 Å². The van der Waals surface area contributed by atoms with E-state index in [0.717, 1.165) is 5.56 Å². The van der Waals surface area contributed by atoms with Gasteiger partial charge in [-0.2, -0.15) is 0 Å². The highest BCUT2D eigenvalue weighted by molar-refractivity contribution is 7.80. The van der Waals surface area contributed by atoms with Gasteiger partial charge in [-0.3, -0.25) is 4.79 Å². The van der Waals surface area contributed by atoms with Crippen molar-refractivity contribution in [3.8, 4) is 0 Å². The number of nitrogens with one attached hydrogen (secondary N) is 1. The van der Waals surface area contributed by atoms with Gasteiger partial charge < -0.3 is 11.1 Å². The monoisotopic (exact) mass is 256 g/mol. The Morgan fingerprint density at radius 3 is 2.88 bits per heavy atom. The summed E-state index contributed by atoms with van der Waals surface area (Å²) in [5, 5.41) is 3.19. The van der Waals surface area contributed by atoms with Gasteiger partial charge in [0.05, 0.1) is 15.6 Å². The summed E-state index contributed by atoms with van der Waals surface area (Å²) in [6.07, 6.45) is 0.491. The number of aryl methyl sites for hydroxylation is 1. The fourth-order valence-corrected chi connectivity index (χ4v) is 1.53. The first kappa shape index (κ1) is 12.9. The Morgan fingerprint density at radius 1 is 1.56 bits per heavy atom. The molecule has 1 aromatic carbocycles. The van der Waals surface area contributed by atoms with Crippen LogP contribution in [-0.2, 0) is 0 Å². The number of hydrogen-bond donors (Lipinski definition) is 2. The SMILES string of the molecule is Cc1cccc(C(=O)NCCC(N)=S)c1Cl. The predicted octanol–water partition coefficient (Wildman–Crippen LogP) is 2.05. The molecule has 1 amide bonds. The van der Waals surface area contributed by atoms with Crippen molar-refractivity contribution in [1.82, 2.24) is 5.32 Å². The molecule has 0 atom stereocenters. The van der Waals surface area contributed by atoms with Gasteiger partial charge in [0.15, 0.2) is 0 Å². The van der Waals surface area contributed by atoms with Crippen molar-refractivity contribution < 1.29 is 4.79 Å². The first-order valence-electron chi connectivity index (χ1n) is 4.84. The van der Waals surface area contributed by atoms with Crippen molar-refractivity contribution in [2.45, 2.75) is 13.3 Å². The molecule has 0 aromatic heterocycles. The largest absolute Gasteiger partial charge is 0.393 e. The van der Waals surface area contributed by atoms with Gasteiger partial charge in [-0.25, -0.2) is 0 Å². The highest BCUT2D eigenvalue weighted by Crippen LogP contribution is 2.19. The highest BCUT2D eigenvalue weighted by atomic mass is 35.5. The van der Waals surface area contributed by atoms with E-state index in [1.165, 1.54) is 0 Å². The molecule has 0 bridgehead atoms. The number of rotatable bonds is 4. The van der Waals surface area contributed by atoms with Crippen LogP contribution in [0, 0.1) is 6.92 Å². The van der Waals surface area contributed by atoms with E-state index in [2.05, 4.69) is 5.32 Å². The van der Waals surface area contributed by atoms with Crippen molar-refractivity contribution in [2.24, 2.45) is 5.73 Å². The van der Waals surface area contributed by atoms with Gasteiger partial charge in [0.1, 0.15) is 0 Å². The Kier molecular flexibility index (Phi) is 4.71. The molecule has 16 heavy (non-hydrogen) atoms. The van der Waals surface area contributed by atoms with E-state index < -0.39 is 0 Å². The van der Waals surface area contributed by atoms with Gasteiger partial charge in [0.25, 0.3) is 5.91 Å². The Labute approximate surface area is 105 Å². The topological polar surface area (TPSA) is 55.1 Å². The predicted molar refractivity (Wildman–Crippen MR) is 69.9 cm³/mol. The Morgan fingerprint density at radius 2 is 2.25 bits per heavy atom. The molecule has 5 heteroatoms. The molecule has 0 unspecified atom stereocenters. The van der Waals surface area contributed by atoms with Crippen LogP contribution in [0.25, 0.3) is 0 Å². The molecule has 0 saturated heterocycles. The molecule has 1 rings (SSSR count). The van der Waals surface area contributed by atoms with Crippen molar-refractivity contribution in [1.29, 1.82) is 0 Å². The maximum Gasteiger partial charge on any atom is 0.252 e. The van der Waals surface area contributed by atoms with Crippen LogP contribution in [0.15, 0.2) is 18.2 Å². The molecule has 86 valence electrons. The lowest BCUT2D eigenvalue weighted by atomic mass is 10.1. The second-order valence-corrected chi connectivity index (χ2v) is 4.31. The first-order valence-corrected chi connectivity index (χ1v) is 5.62. The number of hydrogen-bond acceptors (Lipinski definition) is 2. The zero-order chi connectivity index (χ0) is 12.1. The summed E-state index contributed by atoms with van der Waals surface area (Å²) in [6, 6.07) is 5.34. The summed E-state index contributed by atoms with van der Waals surface area (Å²) >= 11 is 10.7. The average Bonchev–Trinajstić information content (AvgIpc) is 2.21. The maximum absolute atomic E-state index is 11.7. The van der Waals surface area contributed by atoms with Crippen LogP contribution in [0.2, 0.25) is 5.02 Å². The number of amides is 1. The van der Waals surface area contributed by atoms with Crippen LogP contribution in [0.4, 0.5) is 0 Å². The summed E-state index contributed by atoms with van der Waals surface area (Å²) in [5.74, 6) is -0.204. The molecule has 0 fully saturated rings.